The molecule has 4 aromatic rings. The van der Waals surface area contributed by atoms with Gasteiger partial charge in [-0.05, 0) is 38.1 Å². The SMILES string of the molecule is CCn1cnc(-c2ccc3sc4ccc(C)cc4c(=O)c3c2)c1. The summed E-state index contributed by atoms with van der Waals surface area (Å²) in [6.45, 7) is 4.98. The standard InChI is InChI=1S/C19H16N2OS/c1-3-21-10-16(20-11-21)13-5-7-18-15(9-13)19(22)14-8-12(2)4-6-17(14)23-18/h4-11H,3H2,1-2H3. The fourth-order valence-corrected chi connectivity index (χ4v) is 3.84. The van der Waals surface area contributed by atoms with Crippen molar-refractivity contribution in [1.29, 1.82) is 0 Å². The van der Waals surface area contributed by atoms with E-state index in [-0.39, 0.29) is 5.43 Å². The van der Waals surface area contributed by atoms with Crippen LogP contribution in [0.4, 0.5) is 0 Å². The Balaban J connectivity index is 1.98. The van der Waals surface area contributed by atoms with Gasteiger partial charge in [-0.25, -0.2) is 4.98 Å². The van der Waals surface area contributed by atoms with E-state index in [1.54, 1.807) is 11.3 Å². The number of imidazole rings is 1. The van der Waals surface area contributed by atoms with Gasteiger partial charge < -0.3 is 4.57 Å². The topological polar surface area (TPSA) is 34.9 Å². The number of benzene rings is 2. The molecule has 4 heteroatoms. The average molecular weight is 320 g/mol. The van der Waals surface area contributed by atoms with Gasteiger partial charge in [-0.1, -0.05) is 17.7 Å². The van der Waals surface area contributed by atoms with Crippen molar-refractivity contribution >= 4 is 31.5 Å². The lowest BCUT2D eigenvalue weighted by Gasteiger charge is -2.04. The third-order valence-electron chi connectivity index (χ3n) is 4.12. The van der Waals surface area contributed by atoms with E-state index in [4.69, 9.17) is 0 Å². The number of hydrogen-bond donors (Lipinski definition) is 0. The van der Waals surface area contributed by atoms with Gasteiger partial charge in [-0.15, -0.1) is 11.3 Å². The normalized spacial score (nSPS) is 11.4. The van der Waals surface area contributed by atoms with Crippen LogP contribution in [0, 0.1) is 6.92 Å². The Morgan fingerprint density at radius 1 is 1.09 bits per heavy atom. The maximum Gasteiger partial charge on any atom is 0.195 e. The summed E-state index contributed by atoms with van der Waals surface area (Å²) in [7, 11) is 0. The third-order valence-corrected chi connectivity index (χ3v) is 5.27. The molecule has 0 aliphatic carbocycles. The molecule has 2 aromatic heterocycles. The first kappa shape index (κ1) is 14.2. The van der Waals surface area contributed by atoms with E-state index >= 15 is 0 Å². The van der Waals surface area contributed by atoms with Gasteiger partial charge in [0.2, 0.25) is 0 Å². The molecule has 114 valence electrons. The van der Waals surface area contributed by atoms with Crippen LogP contribution in [0.25, 0.3) is 31.4 Å². The van der Waals surface area contributed by atoms with Gasteiger partial charge in [-0.2, -0.15) is 0 Å². The van der Waals surface area contributed by atoms with Gasteiger partial charge in [0.05, 0.1) is 12.0 Å². The molecule has 0 bridgehead atoms. The predicted molar refractivity (Wildman–Crippen MR) is 97.2 cm³/mol. The summed E-state index contributed by atoms with van der Waals surface area (Å²) in [5.41, 5.74) is 3.11. The van der Waals surface area contributed by atoms with Crippen molar-refractivity contribution < 1.29 is 0 Å². The van der Waals surface area contributed by atoms with Crippen LogP contribution in [0.3, 0.4) is 0 Å². The van der Waals surface area contributed by atoms with Crippen molar-refractivity contribution in [1.82, 2.24) is 9.55 Å². The second kappa shape index (κ2) is 5.32. The second-order valence-corrected chi connectivity index (χ2v) is 6.81. The number of fused-ring (bicyclic) bond motifs is 2. The average Bonchev–Trinajstić information content (AvgIpc) is 3.05. The Bertz CT molecular complexity index is 1090. The Morgan fingerprint density at radius 2 is 1.83 bits per heavy atom. The summed E-state index contributed by atoms with van der Waals surface area (Å²) in [5.74, 6) is 0. The summed E-state index contributed by atoms with van der Waals surface area (Å²) in [4.78, 5) is 17.3. The lowest BCUT2D eigenvalue weighted by atomic mass is 10.1. The van der Waals surface area contributed by atoms with Gasteiger partial charge in [0.1, 0.15) is 0 Å². The molecule has 0 aliphatic rings. The molecule has 0 saturated carbocycles. The van der Waals surface area contributed by atoms with Crippen LogP contribution in [0.15, 0.2) is 53.7 Å². The van der Waals surface area contributed by atoms with E-state index in [0.717, 1.165) is 43.5 Å². The summed E-state index contributed by atoms with van der Waals surface area (Å²) in [6.07, 6.45) is 3.84. The first-order chi connectivity index (χ1) is 11.2. The van der Waals surface area contributed by atoms with Crippen LogP contribution in [0.2, 0.25) is 0 Å². The lowest BCUT2D eigenvalue weighted by molar-refractivity contribution is 0.762. The van der Waals surface area contributed by atoms with Crippen LogP contribution in [-0.4, -0.2) is 9.55 Å². The van der Waals surface area contributed by atoms with Crippen molar-refractivity contribution in [3.63, 3.8) is 0 Å². The molecule has 0 radical (unpaired) electrons. The zero-order valence-electron chi connectivity index (χ0n) is 13.0. The molecule has 0 N–H and O–H groups in total. The molecule has 0 atom stereocenters. The molecule has 0 fully saturated rings. The van der Waals surface area contributed by atoms with Gasteiger partial charge in [-0.3, -0.25) is 4.79 Å². The van der Waals surface area contributed by atoms with Crippen molar-refractivity contribution in [2.24, 2.45) is 0 Å². The summed E-state index contributed by atoms with van der Waals surface area (Å²) in [5, 5.41) is 1.58. The van der Waals surface area contributed by atoms with Crippen LogP contribution in [-0.2, 0) is 6.54 Å². The maximum atomic E-state index is 12.9. The Morgan fingerprint density at radius 3 is 2.57 bits per heavy atom. The Kier molecular flexibility index (Phi) is 3.27. The highest BCUT2D eigenvalue weighted by Crippen LogP contribution is 2.28. The van der Waals surface area contributed by atoms with Crippen LogP contribution in [0.5, 0.6) is 0 Å². The number of rotatable bonds is 2. The third kappa shape index (κ3) is 2.35. The summed E-state index contributed by atoms with van der Waals surface area (Å²) in [6, 6.07) is 12.1. The molecule has 4 rings (SSSR count). The zero-order chi connectivity index (χ0) is 16.0. The fraction of sp³-hybridized carbons (Fsp3) is 0.158. The van der Waals surface area contributed by atoms with Crippen LogP contribution >= 0.6 is 11.3 Å². The molecule has 0 aliphatic heterocycles. The Labute approximate surface area is 137 Å². The minimum atomic E-state index is 0.106. The maximum absolute atomic E-state index is 12.9. The van der Waals surface area contributed by atoms with Gasteiger partial charge in [0.25, 0.3) is 0 Å². The van der Waals surface area contributed by atoms with Gasteiger partial charge in [0.15, 0.2) is 5.43 Å². The first-order valence-electron chi connectivity index (χ1n) is 7.65. The fourth-order valence-electron chi connectivity index (χ4n) is 2.81. The molecular weight excluding hydrogens is 304 g/mol. The van der Waals surface area contributed by atoms with E-state index in [2.05, 4.69) is 18.0 Å². The molecule has 0 unspecified atom stereocenters. The largest absolute Gasteiger partial charge is 0.337 e. The van der Waals surface area contributed by atoms with Crippen molar-refractivity contribution in [2.45, 2.75) is 20.4 Å². The quantitative estimate of drug-likeness (QED) is 0.506. The van der Waals surface area contributed by atoms with Crippen LogP contribution < -0.4 is 5.43 Å². The van der Waals surface area contributed by atoms with Crippen molar-refractivity contribution in [3.8, 4) is 11.3 Å². The minimum Gasteiger partial charge on any atom is -0.337 e. The van der Waals surface area contributed by atoms with Crippen LogP contribution in [0.1, 0.15) is 12.5 Å². The van der Waals surface area contributed by atoms with E-state index in [1.165, 1.54) is 0 Å². The highest BCUT2D eigenvalue weighted by molar-refractivity contribution is 7.24. The Hall–Kier alpha value is -2.46. The first-order valence-corrected chi connectivity index (χ1v) is 8.47. The number of hydrogen-bond acceptors (Lipinski definition) is 3. The number of nitrogens with zero attached hydrogens (tertiary/aromatic N) is 2. The molecule has 2 aromatic carbocycles. The summed E-state index contributed by atoms with van der Waals surface area (Å²) < 4.78 is 4.09. The highest BCUT2D eigenvalue weighted by atomic mass is 32.1. The smallest absolute Gasteiger partial charge is 0.195 e. The van der Waals surface area contributed by atoms with E-state index in [0.29, 0.717) is 0 Å². The molecule has 23 heavy (non-hydrogen) atoms. The molecule has 0 amide bonds. The molecule has 0 spiro atoms. The minimum absolute atomic E-state index is 0.106. The molecule has 2 heterocycles. The molecular formula is C19H16N2OS. The molecule has 0 saturated heterocycles. The van der Waals surface area contributed by atoms with Crippen molar-refractivity contribution in [3.05, 3.63) is 64.7 Å². The lowest BCUT2D eigenvalue weighted by Crippen LogP contribution is -2.01. The van der Waals surface area contributed by atoms with E-state index < -0.39 is 0 Å². The zero-order valence-corrected chi connectivity index (χ0v) is 13.9. The predicted octanol–water partition coefficient (Wildman–Crippen LogP) is 4.61. The highest BCUT2D eigenvalue weighted by Gasteiger charge is 2.09. The number of aromatic nitrogens is 2. The molecule has 3 nitrogen and oxygen atoms in total. The van der Waals surface area contributed by atoms with Crippen molar-refractivity contribution in [2.75, 3.05) is 0 Å². The van der Waals surface area contributed by atoms with Gasteiger partial charge >= 0.3 is 0 Å². The van der Waals surface area contributed by atoms with E-state index in [1.807, 2.05) is 54.3 Å². The monoisotopic (exact) mass is 320 g/mol. The second-order valence-electron chi connectivity index (χ2n) is 5.73. The van der Waals surface area contributed by atoms with Gasteiger partial charge in [0, 0.05) is 38.5 Å². The number of aryl methyl sites for hydroxylation is 2. The van der Waals surface area contributed by atoms with E-state index in [9.17, 15) is 4.79 Å². The summed E-state index contributed by atoms with van der Waals surface area (Å²) >= 11 is 1.66.